The molecule has 1 atom stereocenters. The summed E-state index contributed by atoms with van der Waals surface area (Å²) < 4.78 is 35.1. The van der Waals surface area contributed by atoms with Crippen molar-refractivity contribution in [1.82, 2.24) is 0 Å². The number of rotatable bonds is 7. The molecule has 1 aliphatic rings. The summed E-state index contributed by atoms with van der Waals surface area (Å²) in [6, 6.07) is 6.10. The van der Waals surface area contributed by atoms with Crippen molar-refractivity contribution >= 4 is 15.7 Å². The molecule has 0 spiro atoms. The first-order valence-electron chi connectivity index (χ1n) is 6.85. The van der Waals surface area contributed by atoms with E-state index in [1.807, 2.05) is 0 Å². The first-order valence-corrected chi connectivity index (χ1v) is 8.51. The maximum absolute atomic E-state index is 12.2. The zero-order valence-corrected chi connectivity index (χ0v) is 12.6. The molecule has 7 heteroatoms. The average molecular weight is 312 g/mol. The third-order valence-corrected chi connectivity index (χ3v) is 5.00. The van der Waals surface area contributed by atoms with Crippen LogP contribution < -0.4 is 5.73 Å². The van der Waals surface area contributed by atoms with Crippen molar-refractivity contribution in [1.29, 1.82) is 5.41 Å². The van der Waals surface area contributed by atoms with Gasteiger partial charge in [-0.1, -0.05) is 12.1 Å². The lowest BCUT2D eigenvalue weighted by molar-refractivity contribution is 0.0223. The number of hydrogen-bond donors (Lipinski definition) is 2. The molecule has 1 fully saturated rings. The average Bonchev–Trinajstić information content (AvgIpc) is 2.97. The van der Waals surface area contributed by atoms with Gasteiger partial charge in [-0.05, 0) is 25.0 Å². The van der Waals surface area contributed by atoms with Crippen molar-refractivity contribution in [2.75, 3.05) is 25.6 Å². The van der Waals surface area contributed by atoms with E-state index in [2.05, 4.69) is 0 Å². The minimum absolute atomic E-state index is 0.0914. The highest BCUT2D eigenvalue weighted by atomic mass is 32.2. The van der Waals surface area contributed by atoms with Crippen molar-refractivity contribution in [3.8, 4) is 0 Å². The van der Waals surface area contributed by atoms with Crippen LogP contribution >= 0.6 is 0 Å². The number of benzene rings is 1. The van der Waals surface area contributed by atoms with Crippen LogP contribution in [0.3, 0.4) is 0 Å². The van der Waals surface area contributed by atoms with Gasteiger partial charge in [0.25, 0.3) is 0 Å². The second kappa shape index (κ2) is 7.02. The maximum atomic E-state index is 12.2. The predicted molar refractivity (Wildman–Crippen MR) is 79.3 cm³/mol. The summed E-state index contributed by atoms with van der Waals surface area (Å²) in [5.74, 6) is -0.247. The molecule has 0 amide bonds. The fraction of sp³-hybridized carbons (Fsp3) is 0.500. The van der Waals surface area contributed by atoms with Gasteiger partial charge in [-0.15, -0.1) is 0 Å². The molecule has 3 N–H and O–H groups in total. The summed E-state index contributed by atoms with van der Waals surface area (Å²) in [7, 11) is -3.43. The van der Waals surface area contributed by atoms with Gasteiger partial charge in [0.15, 0.2) is 9.84 Å². The van der Waals surface area contributed by atoms with Crippen molar-refractivity contribution in [3.63, 3.8) is 0 Å². The van der Waals surface area contributed by atoms with Gasteiger partial charge in [-0.25, -0.2) is 8.42 Å². The van der Waals surface area contributed by atoms with E-state index < -0.39 is 9.84 Å². The van der Waals surface area contributed by atoms with E-state index in [-0.39, 0.29) is 29.2 Å². The van der Waals surface area contributed by atoms with Crippen molar-refractivity contribution in [2.24, 2.45) is 5.73 Å². The minimum atomic E-state index is -3.43. The molecule has 0 aromatic heterocycles. The quantitative estimate of drug-likeness (QED) is 0.443. The number of hydrogen-bond acceptors (Lipinski definition) is 5. The van der Waals surface area contributed by atoms with E-state index in [9.17, 15) is 8.42 Å². The van der Waals surface area contributed by atoms with E-state index in [4.69, 9.17) is 20.6 Å². The van der Waals surface area contributed by atoms with Crippen LogP contribution in [0.25, 0.3) is 0 Å². The highest BCUT2D eigenvalue weighted by Gasteiger charge is 2.18. The van der Waals surface area contributed by atoms with E-state index >= 15 is 0 Å². The van der Waals surface area contributed by atoms with Gasteiger partial charge in [-0.3, -0.25) is 5.41 Å². The molecule has 1 saturated heterocycles. The Balaban J connectivity index is 1.88. The van der Waals surface area contributed by atoms with Crippen LogP contribution in [0.4, 0.5) is 0 Å². The van der Waals surface area contributed by atoms with Gasteiger partial charge in [0.05, 0.1) is 30.0 Å². The molecule has 0 bridgehead atoms. The largest absolute Gasteiger partial charge is 0.384 e. The Bertz CT molecular complexity index is 595. The fourth-order valence-electron chi connectivity index (χ4n) is 2.13. The highest BCUT2D eigenvalue weighted by Crippen LogP contribution is 2.14. The van der Waals surface area contributed by atoms with Crippen LogP contribution in [0.2, 0.25) is 0 Å². The summed E-state index contributed by atoms with van der Waals surface area (Å²) >= 11 is 0. The number of ether oxygens (including phenoxy) is 2. The Morgan fingerprint density at radius 1 is 1.48 bits per heavy atom. The Hall–Kier alpha value is -1.44. The van der Waals surface area contributed by atoms with Gasteiger partial charge < -0.3 is 15.2 Å². The molecule has 1 aromatic carbocycles. The van der Waals surface area contributed by atoms with Gasteiger partial charge in [0, 0.05) is 12.2 Å². The topological polar surface area (TPSA) is 102 Å². The highest BCUT2D eigenvalue weighted by molar-refractivity contribution is 7.91. The Morgan fingerprint density at radius 2 is 2.29 bits per heavy atom. The molecular weight excluding hydrogens is 292 g/mol. The third-order valence-electron chi connectivity index (χ3n) is 3.33. The second-order valence-electron chi connectivity index (χ2n) is 4.97. The molecule has 1 aromatic rings. The summed E-state index contributed by atoms with van der Waals surface area (Å²) in [5, 5.41) is 7.34. The number of nitrogens with one attached hydrogen (secondary N) is 1. The lowest BCUT2D eigenvalue weighted by Gasteiger charge is -2.10. The molecule has 116 valence electrons. The molecule has 0 aliphatic carbocycles. The Morgan fingerprint density at radius 3 is 2.95 bits per heavy atom. The molecule has 21 heavy (non-hydrogen) atoms. The maximum Gasteiger partial charge on any atom is 0.180 e. The van der Waals surface area contributed by atoms with E-state index in [0.29, 0.717) is 12.2 Å². The monoisotopic (exact) mass is 312 g/mol. The zero-order chi connectivity index (χ0) is 15.3. The summed E-state index contributed by atoms with van der Waals surface area (Å²) in [6.45, 7) is 1.32. The Kier molecular flexibility index (Phi) is 5.33. The summed E-state index contributed by atoms with van der Waals surface area (Å²) in [4.78, 5) is 0.163. The number of nitrogens with two attached hydrogens (primary N) is 1. The summed E-state index contributed by atoms with van der Waals surface area (Å²) in [6.07, 6.45) is 2.09. The van der Waals surface area contributed by atoms with Crippen molar-refractivity contribution in [3.05, 3.63) is 29.8 Å². The molecule has 0 radical (unpaired) electrons. The molecule has 1 heterocycles. The molecular formula is C14H20N2O4S. The van der Waals surface area contributed by atoms with E-state index in [0.717, 1.165) is 19.4 Å². The standard InChI is InChI=1S/C14H20N2O4S/c15-14(16)11-3-1-5-13(9-11)21(17,18)8-7-19-10-12-4-2-6-20-12/h1,3,5,9,12H,2,4,6-8,10H2,(H3,15,16). The van der Waals surface area contributed by atoms with Crippen LogP contribution in [-0.2, 0) is 19.3 Å². The number of sulfone groups is 1. The Labute approximate surface area is 124 Å². The van der Waals surface area contributed by atoms with E-state index in [1.54, 1.807) is 12.1 Å². The molecule has 0 saturated carbocycles. The summed E-state index contributed by atoms with van der Waals surface area (Å²) in [5.41, 5.74) is 5.77. The van der Waals surface area contributed by atoms with Gasteiger partial charge in [0.1, 0.15) is 5.84 Å². The van der Waals surface area contributed by atoms with Crippen LogP contribution in [0, 0.1) is 5.41 Å². The number of amidine groups is 1. The van der Waals surface area contributed by atoms with Gasteiger partial charge >= 0.3 is 0 Å². The van der Waals surface area contributed by atoms with Crippen molar-refractivity contribution < 1.29 is 17.9 Å². The normalized spacial score (nSPS) is 18.8. The van der Waals surface area contributed by atoms with Gasteiger partial charge in [-0.2, -0.15) is 0 Å². The molecule has 1 aliphatic heterocycles. The fourth-order valence-corrected chi connectivity index (χ4v) is 3.30. The third kappa shape index (κ3) is 4.52. The van der Waals surface area contributed by atoms with Crippen molar-refractivity contribution in [2.45, 2.75) is 23.8 Å². The molecule has 1 unspecified atom stereocenters. The SMILES string of the molecule is N=C(N)c1cccc(S(=O)(=O)CCOCC2CCCO2)c1. The first kappa shape index (κ1) is 15.9. The number of nitrogen functional groups attached to an aromatic ring is 1. The predicted octanol–water partition coefficient (Wildman–Crippen LogP) is 0.940. The smallest absolute Gasteiger partial charge is 0.180 e. The zero-order valence-electron chi connectivity index (χ0n) is 11.7. The second-order valence-corrected chi connectivity index (χ2v) is 7.08. The van der Waals surface area contributed by atoms with Crippen LogP contribution in [0.5, 0.6) is 0 Å². The lowest BCUT2D eigenvalue weighted by Crippen LogP contribution is -2.19. The first-order chi connectivity index (χ1) is 9.99. The lowest BCUT2D eigenvalue weighted by atomic mass is 10.2. The van der Waals surface area contributed by atoms with Crippen LogP contribution in [0.15, 0.2) is 29.2 Å². The molecule has 2 rings (SSSR count). The van der Waals surface area contributed by atoms with E-state index in [1.165, 1.54) is 12.1 Å². The minimum Gasteiger partial charge on any atom is -0.384 e. The van der Waals surface area contributed by atoms with Gasteiger partial charge in [0.2, 0.25) is 0 Å². The van der Waals surface area contributed by atoms with Crippen LogP contribution in [0.1, 0.15) is 18.4 Å². The molecule has 6 nitrogen and oxygen atoms in total. The van der Waals surface area contributed by atoms with Crippen LogP contribution in [-0.4, -0.2) is 45.9 Å².